The Kier molecular flexibility index (Phi) is 5.94. The number of carbonyl (C=O) groups excluding carboxylic acids is 1. The number of nitrogens with two attached hydrogens (primary N) is 1. The summed E-state index contributed by atoms with van der Waals surface area (Å²) in [6, 6.07) is 5.00. The van der Waals surface area contributed by atoms with Gasteiger partial charge in [0.25, 0.3) is 5.91 Å². The fourth-order valence-corrected chi connectivity index (χ4v) is 1.89. The number of halogens is 2. The summed E-state index contributed by atoms with van der Waals surface area (Å²) in [7, 11) is 0. The highest BCUT2D eigenvalue weighted by atomic mass is 79.9. The minimum Gasteiger partial charge on any atom is -0.409 e. The summed E-state index contributed by atoms with van der Waals surface area (Å²) in [5.74, 6) is -0.0722. The van der Waals surface area contributed by atoms with E-state index >= 15 is 0 Å². The van der Waals surface area contributed by atoms with Crippen LogP contribution in [-0.4, -0.2) is 23.5 Å². The molecule has 0 aliphatic rings. The Bertz CT molecular complexity index is 466. The van der Waals surface area contributed by atoms with Crippen LogP contribution in [0.2, 0.25) is 5.02 Å². The number of benzene rings is 1. The van der Waals surface area contributed by atoms with Crippen molar-refractivity contribution >= 4 is 39.3 Å². The van der Waals surface area contributed by atoms with Gasteiger partial charge in [0.1, 0.15) is 5.84 Å². The van der Waals surface area contributed by atoms with Crippen molar-refractivity contribution in [2.45, 2.75) is 12.8 Å². The van der Waals surface area contributed by atoms with Crippen molar-refractivity contribution in [2.75, 3.05) is 6.54 Å². The number of rotatable bonds is 5. The quantitative estimate of drug-likeness (QED) is 0.254. The first-order valence-electron chi connectivity index (χ1n) is 5.24. The lowest BCUT2D eigenvalue weighted by molar-refractivity contribution is 0.0952. The van der Waals surface area contributed by atoms with Crippen molar-refractivity contribution in [1.29, 1.82) is 0 Å². The molecule has 0 aliphatic heterocycles. The summed E-state index contributed by atoms with van der Waals surface area (Å²) in [6.45, 7) is 0.438. The maximum atomic E-state index is 11.8. The van der Waals surface area contributed by atoms with Crippen LogP contribution in [0.15, 0.2) is 27.8 Å². The topological polar surface area (TPSA) is 87.7 Å². The van der Waals surface area contributed by atoms with Crippen molar-refractivity contribution in [3.05, 3.63) is 33.3 Å². The molecule has 0 radical (unpaired) electrons. The molecule has 1 aromatic carbocycles. The van der Waals surface area contributed by atoms with E-state index in [1.54, 1.807) is 18.2 Å². The molecule has 0 saturated carbocycles. The Morgan fingerprint density at radius 1 is 1.56 bits per heavy atom. The molecule has 0 heterocycles. The van der Waals surface area contributed by atoms with E-state index in [2.05, 4.69) is 26.4 Å². The second-order valence-corrected chi connectivity index (χ2v) is 4.87. The zero-order valence-corrected chi connectivity index (χ0v) is 11.8. The third kappa shape index (κ3) is 4.54. The van der Waals surface area contributed by atoms with E-state index in [1.807, 2.05) is 0 Å². The largest absolute Gasteiger partial charge is 0.409 e. The van der Waals surface area contributed by atoms with Crippen molar-refractivity contribution in [2.24, 2.45) is 10.9 Å². The van der Waals surface area contributed by atoms with Gasteiger partial charge < -0.3 is 16.3 Å². The van der Waals surface area contributed by atoms with Gasteiger partial charge in [0.2, 0.25) is 0 Å². The average molecular weight is 335 g/mol. The van der Waals surface area contributed by atoms with Gasteiger partial charge in [0, 0.05) is 22.5 Å². The van der Waals surface area contributed by atoms with Gasteiger partial charge in [-0.1, -0.05) is 16.8 Å². The van der Waals surface area contributed by atoms with Crippen molar-refractivity contribution in [1.82, 2.24) is 5.32 Å². The number of nitrogens with zero attached hydrogens (tertiary/aromatic N) is 1. The van der Waals surface area contributed by atoms with Crippen LogP contribution < -0.4 is 11.1 Å². The normalized spacial score (nSPS) is 11.3. The Balaban J connectivity index is 2.48. The lowest BCUT2D eigenvalue weighted by Gasteiger charge is -2.07. The predicted octanol–water partition coefficient (Wildman–Crippen LogP) is 2.36. The molecule has 0 aliphatic carbocycles. The van der Waals surface area contributed by atoms with Crippen molar-refractivity contribution in [3.8, 4) is 0 Å². The Labute approximate surface area is 118 Å². The molecule has 1 rings (SSSR count). The van der Waals surface area contributed by atoms with E-state index in [0.717, 1.165) is 0 Å². The predicted molar refractivity (Wildman–Crippen MR) is 74.1 cm³/mol. The lowest BCUT2D eigenvalue weighted by Crippen LogP contribution is -2.26. The summed E-state index contributed by atoms with van der Waals surface area (Å²) in [5, 5.41) is 14.4. The molecule has 0 atom stereocenters. The average Bonchev–Trinajstić information content (AvgIpc) is 2.36. The number of nitrogens with one attached hydrogen (secondary N) is 1. The van der Waals surface area contributed by atoms with E-state index in [0.29, 0.717) is 34.4 Å². The van der Waals surface area contributed by atoms with E-state index in [1.165, 1.54) is 0 Å². The molecule has 0 fully saturated rings. The Morgan fingerprint density at radius 2 is 2.28 bits per heavy atom. The molecule has 18 heavy (non-hydrogen) atoms. The molecular formula is C11H13BrClN3O2. The van der Waals surface area contributed by atoms with Crippen molar-refractivity contribution < 1.29 is 10.0 Å². The van der Waals surface area contributed by atoms with E-state index < -0.39 is 0 Å². The highest BCUT2D eigenvalue weighted by Crippen LogP contribution is 2.20. The summed E-state index contributed by atoms with van der Waals surface area (Å²) >= 11 is 9.10. The second kappa shape index (κ2) is 7.23. The Morgan fingerprint density at radius 3 is 2.94 bits per heavy atom. The standard InChI is InChI=1S/C11H13BrClN3O2/c12-9-4-3-7(13)6-8(9)11(17)15-5-1-2-10(14)16-18/h3-4,6,18H,1-2,5H2,(H2,14,16)(H,15,17). The fourth-order valence-electron chi connectivity index (χ4n) is 1.29. The van der Waals surface area contributed by atoms with E-state index in [4.69, 9.17) is 22.5 Å². The van der Waals surface area contributed by atoms with Crippen LogP contribution in [0.3, 0.4) is 0 Å². The SMILES string of the molecule is N/C(CCCNC(=O)c1cc(Cl)ccc1Br)=N/O. The van der Waals surface area contributed by atoms with Gasteiger partial charge in [-0.25, -0.2) is 0 Å². The number of hydrogen-bond acceptors (Lipinski definition) is 3. The molecule has 0 saturated heterocycles. The van der Waals surface area contributed by atoms with Gasteiger partial charge in [-0.05, 0) is 40.5 Å². The molecule has 0 aromatic heterocycles. The third-order valence-electron chi connectivity index (χ3n) is 2.20. The minimum absolute atomic E-state index is 0.146. The molecule has 0 unspecified atom stereocenters. The molecule has 4 N–H and O–H groups in total. The van der Waals surface area contributed by atoms with Crippen molar-refractivity contribution in [3.63, 3.8) is 0 Å². The number of amidine groups is 1. The van der Waals surface area contributed by atoms with Gasteiger partial charge >= 0.3 is 0 Å². The maximum Gasteiger partial charge on any atom is 0.252 e. The molecule has 98 valence electrons. The van der Waals surface area contributed by atoms with E-state index in [9.17, 15) is 4.79 Å². The van der Waals surface area contributed by atoms with Crippen LogP contribution in [0.4, 0.5) is 0 Å². The number of hydrogen-bond donors (Lipinski definition) is 3. The molecule has 7 heteroatoms. The smallest absolute Gasteiger partial charge is 0.252 e. The zero-order chi connectivity index (χ0) is 13.5. The molecule has 1 amide bonds. The molecule has 0 bridgehead atoms. The summed E-state index contributed by atoms with van der Waals surface area (Å²) in [6.07, 6.45) is 1.02. The molecule has 1 aromatic rings. The minimum atomic E-state index is -0.219. The number of oxime groups is 1. The molecule has 5 nitrogen and oxygen atoms in total. The highest BCUT2D eigenvalue weighted by Gasteiger charge is 2.09. The molecular weight excluding hydrogens is 321 g/mol. The third-order valence-corrected chi connectivity index (χ3v) is 3.12. The fraction of sp³-hybridized carbons (Fsp3) is 0.273. The van der Waals surface area contributed by atoms with E-state index in [-0.39, 0.29) is 11.7 Å². The van der Waals surface area contributed by atoms with Gasteiger partial charge in [0.15, 0.2) is 0 Å². The van der Waals surface area contributed by atoms with Crippen LogP contribution in [-0.2, 0) is 0 Å². The first-order valence-corrected chi connectivity index (χ1v) is 6.41. The van der Waals surface area contributed by atoms with Crippen LogP contribution in [0.25, 0.3) is 0 Å². The number of carbonyl (C=O) groups is 1. The summed E-state index contributed by atoms with van der Waals surface area (Å²) in [4.78, 5) is 11.8. The zero-order valence-electron chi connectivity index (χ0n) is 9.49. The lowest BCUT2D eigenvalue weighted by atomic mass is 10.2. The van der Waals surface area contributed by atoms with Crippen LogP contribution in [0, 0.1) is 0 Å². The highest BCUT2D eigenvalue weighted by molar-refractivity contribution is 9.10. The Hall–Kier alpha value is -1.27. The second-order valence-electron chi connectivity index (χ2n) is 3.57. The summed E-state index contributed by atoms with van der Waals surface area (Å²) < 4.78 is 0.681. The monoisotopic (exact) mass is 333 g/mol. The maximum absolute atomic E-state index is 11.8. The van der Waals surface area contributed by atoms with Gasteiger partial charge in [-0.2, -0.15) is 0 Å². The van der Waals surface area contributed by atoms with Crippen LogP contribution in [0.5, 0.6) is 0 Å². The number of amides is 1. The van der Waals surface area contributed by atoms with Gasteiger partial charge in [-0.3, -0.25) is 4.79 Å². The van der Waals surface area contributed by atoms with Crippen LogP contribution >= 0.6 is 27.5 Å². The van der Waals surface area contributed by atoms with Gasteiger partial charge in [0.05, 0.1) is 5.56 Å². The molecule has 0 spiro atoms. The first kappa shape index (κ1) is 14.8. The van der Waals surface area contributed by atoms with Crippen LogP contribution in [0.1, 0.15) is 23.2 Å². The van der Waals surface area contributed by atoms with Gasteiger partial charge in [-0.15, -0.1) is 0 Å². The first-order chi connectivity index (χ1) is 8.54. The summed E-state index contributed by atoms with van der Waals surface area (Å²) in [5.41, 5.74) is 5.79.